The molecule has 4 aromatic rings. The van der Waals surface area contributed by atoms with Gasteiger partial charge in [-0.1, -0.05) is 39.4 Å². The van der Waals surface area contributed by atoms with Gasteiger partial charge in [0.05, 0.1) is 27.5 Å². The van der Waals surface area contributed by atoms with E-state index in [0.717, 1.165) is 24.9 Å². The molecule has 0 aliphatic carbocycles. The molecule has 6 nitrogen and oxygen atoms in total. The number of aromatic nitrogens is 2. The van der Waals surface area contributed by atoms with Gasteiger partial charge in [-0.25, -0.2) is 4.98 Å². The lowest BCUT2D eigenvalue weighted by atomic mass is 10.3. The molecule has 0 atom stereocenters. The van der Waals surface area contributed by atoms with Crippen molar-refractivity contribution in [3.8, 4) is 0 Å². The molecule has 136 valence electrons. The van der Waals surface area contributed by atoms with E-state index in [1.165, 1.54) is 29.8 Å². The molecule has 0 fully saturated rings. The topological polar surface area (TPSA) is 73.6 Å². The number of fused-ring (bicyclic) bond motifs is 2. The maximum absolute atomic E-state index is 12.7. The Balaban J connectivity index is 1.84. The Morgan fingerprint density at radius 2 is 2.00 bits per heavy atom. The Labute approximate surface area is 169 Å². The van der Waals surface area contributed by atoms with Gasteiger partial charge in [-0.15, -0.1) is 11.3 Å². The number of benzene rings is 2. The van der Waals surface area contributed by atoms with Crippen molar-refractivity contribution in [1.29, 1.82) is 0 Å². The largest absolute Gasteiger partial charge is 0.468 e. The van der Waals surface area contributed by atoms with E-state index in [-0.39, 0.29) is 6.54 Å². The van der Waals surface area contributed by atoms with Gasteiger partial charge in [0.2, 0.25) is 0 Å². The number of halogens is 1. The molecule has 0 aliphatic rings. The Morgan fingerprint density at radius 3 is 2.78 bits per heavy atom. The first kappa shape index (κ1) is 18.0. The van der Waals surface area contributed by atoms with Crippen molar-refractivity contribution in [3.63, 3.8) is 0 Å². The van der Waals surface area contributed by atoms with Crippen molar-refractivity contribution in [2.75, 3.05) is 7.11 Å². The molecular formula is C18H12BrN3O3S2. The van der Waals surface area contributed by atoms with Gasteiger partial charge in [0, 0.05) is 4.47 Å². The quantitative estimate of drug-likeness (QED) is 0.432. The van der Waals surface area contributed by atoms with Gasteiger partial charge >= 0.3 is 11.9 Å². The second kappa shape index (κ2) is 7.34. The molecule has 4 rings (SSSR count). The molecule has 0 aliphatic heterocycles. The summed E-state index contributed by atoms with van der Waals surface area (Å²) >= 11 is 6.07. The van der Waals surface area contributed by atoms with Gasteiger partial charge in [-0.05, 0) is 30.3 Å². The molecule has 2 aromatic carbocycles. The number of methoxy groups -OCH3 is 1. The number of carbonyl (C=O) groups excluding carboxylic acids is 2. The predicted octanol–water partition coefficient (Wildman–Crippen LogP) is 3.99. The van der Waals surface area contributed by atoms with E-state index in [1.54, 1.807) is 4.57 Å². The molecule has 0 saturated heterocycles. The molecule has 0 spiro atoms. The first-order valence-electron chi connectivity index (χ1n) is 7.85. The Hall–Kier alpha value is -2.36. The van der Waals surface area contributed by atoms with Gasteiger partial charge in [0.1, 0.15) is 6.54 Å². The molecular weight excluding hydrogens is 450 g/mol. The maximum Gasteiger partial charge on any atom is 0.325 e. The zero-order valence-electron chi connectivity index (χ0n) is 14.0. The number of amides is 1. The number of rotatable bonds is 3. The minimum Gasteiger partial charge on any atom is -0.468 e. The molecule has 0 saturated carbocycles. The number of esters is 1. The maximum atomic E-state index is 12.7. The summed E-state index contributed by atoms with van der Waals surface area (Å²) in [6.07, 6.45) is 0. The van der Waals surface area contributed by atoms with Gasteiger partial charge in [0.15, 0.2) is 9.81 Å². The average Bonchev–Trinajstić information content (AvgIpc) is 3.23. The number of para-hydroxylation sites is 1. The second-order valence-electron chi connectivity index (χ2n) is 5.56. The molecule has 1 amide bonds. The summed E-state index contributed by atoms with van der Waals surface area (Å²) in [6.45, 7) is -0.0237. The zero-order chi connectivity index (χ0) is 19.0. The van der Waals surface area contributed by atoms with E-state index in [1.807, 2.05) is 42.5 Å². The van der Waals surface area contributed by atoms with Crippen LogP contribution in [0.2, 0.25) is 0 Å². The van der Waals surface area contributed by atoms with Crippen LogP contribution in [0.3, 0.4) is 0 Å². The van der Waals surface area contributed by atoms with Gasteiger partial charge < -0.3 is 9.30 Å². The third-order valence-corrected chi connectivity index (χ3v) is 6.39. The van der Waals surface area contributed by atoms with E-state index in [4.69, 9.17) is 4.74 Å². The van der Waals surface area contributed by atoms with Crippen LogP contribution < -0.4 is 4.80 Å². The summed E-state index contributed by atoms with van der Waals surface area (Å²) in [6, 6.07) is 13.2. The Kier molecular flexibility index (Phi) is 4.90. The lowest BCUT2D eigenvalue weighted by Gasteiger charge is -2.03. The SMILES string of the molecule is COC(=O)Cn1c(=NC(=O)c2nc3ccccc3s2)sc2cc(Br)ccc21. The third kappa shape index (κ3) is 3.58. The standard InChI is InChI=1S/C18H12BrN3O3S2/c1-25-15(23)9-22-12-7-6-10(19)8-14(12)27-18(22)21-16(24)17-20-11-4-2-3-5-13(11)26-17/h2-8H,9H2,1H3. The van der Waals surface area contributed by atoms with Crippen LogP contribution in [0, 0.1) is 0 Å². The molecule has 0 unspecified atom stereocenters. The highest BCUT2D eigenvalue weighted by Crippen LogP contribution is 2.24. The highest BCUT2D eigenvalue weighted by atomic mass is 79.9. The highest BCUT2D eigenvalue weighted by Gasteiger charge is 2.15. The lowest BCUT2D eigenvalue weighted by Crippen LogP contribution is -2.22. The van der Waals surface area contributed by atoms with E-state index >= 15 is 0 Å². The summed E-state index contributed by atoms with van der Waals surface area (Å²) in [7, 11) is 1.33. The van der Waals surface area contributed by atoms with E-state index in [0.29, 0.717) is 9.81 Å². The lowest BCUT2D eigenvalue weighted by molar-refractivity contribution is -0.141. The summed E-state index contributed by atoms with van der Waals surface area (Å²) < 4.78 is 9.21. The molecule has 27 heavy (non-hydrogen) atoms. The zero-order valence-corrected chi connectivity index (χ0v) is 17.2. The van der Waals surface area contributed by atoms with Gasteiger partial charge in [-0.3, -0.25) is 9.59 Å². The van der Waals surface area contributed by atoms with Crippen molar-refractivity contribution in [1.82, 2.24) is 9.55 Å². The smallest absolute Gasteiger partial charge is 0.325 e. The molecule has 2 heterocycles. The first-order valence-corrected chi connectivity index (χ1v) is 10.3. The Bertz CT molecular complexity index is 1220. The first-order chi connectivity index (χ1) is 13.0. The summed E-state index contributed by atoms with van der Waals surface area (Å²) in [4.78, 5) is 33.5. The minimum atomic E-state index is -0.430. The van der Waals surface area contributed by atoms with Crippen LogP contribution in [-0.2, 0) is 16.1 Å². The van der Waals surface area contributed by atoms with E-state index in [2.05, 4.69) is 25.9 Å². The van der Waals surface area contributed by atoms with Gasteiger partial charge in [0.25, 0.3) is 0 Å². The third-order valence-electron chi connectivity index (χ3n) is 3.83. The fourth-order valence-electron chi connectivity index (χ4n) is 2.58. The number of carbonyl (C=O) groups is 2. The number of hydrogen-bond donors (Lipinski definition) is 0. The number of ether oxygens (including phenoxy) is 1. The summed E-state index contributed by atoms with van der Waals surface area (Å²) in [5.41, 5.74) is 1.58. The van der Waals surface area contributed by atoms with Crippen LogP contribution in [-0.4, -0.2) is 28.5 Å². The molecule has 0 radical (unpaired) electrons. The summed E-state index contributed by atoms with van der Waals surface area (Å²) in [5.74, 6) is -0.841. The number of nitrogens with zero attached hydrogens (tertiary/aromatic N) is 3. The van der Waals surface area contributed by atoms with Crippen molar-refractivity contribution < 1.29 is 14.3 Å². The van der Waals surface area contributed by atoms with Crippen molar-refractivity contribution in [2.45, 2.75) is 6.54 Å². The number of thiazole rings is 2. The van der Waals surface area contributed by atoms with Crippen molar-refractivity contribution >= 4 is 70.9 Å². The van der Waals surface area contributed by atoms with Crippen LogP contribution in [0.5, 0.6) is 0 Å². The normalized spacial score (nSPS) is 12.0. The van der Waals surface area contributed by atoms with Crippen LogP contribution in [0.1, 0.15) is 9.80 Å². The fourth-order valence-corrected chi connectivity index (χ4v) is 5.01. The van der Waals surface area contributed by atoms with Gasteiger partial charge in [-0.2, -0.15) is 4.99 Å². The minimum absolute atomic E-state index is 0.0237. The van der Waals surface area contributed by atoms with Crippen molar-refractivity contribution in [3.05, 3.63) is 56.7 Å². The predicted molar refractivity (Wildman–Crippen MR) is 109 cm³/mol. The Morgan fingerprint density at radius 1 is 1.19 bits per heavy atom. The molecule has 9 heteroatoms. The van der Waals surface area contributed by atoms with Crippen LogP contribution >= 0.6 is 38.6 Å². The van der Waals surface area contributed by atoms with Crippen LogP contribution in [0.15, 0.2) is 51.9 Å². The fraction of sp³-hybridized carbons (Fsp3) is 0.111. The van der Waals surface area contributed by atoms with E-state index in [9.17, 15) is 9.59 Å². The highest BCUT2D eigenvalue weighted by molar-refractivity contribution is 9.10. The average molecular weight is 462 g/mol. The van der Waals surface area contributed by atoms with Crippen LogP contribution in [0.4, 0.5) is 0 Å². The second-order valence-corrected chi connectivity index (χ2v) is 8.52. The summed E-state index contributed by atoms with van der Waals surface area (Å²) in [5, 5.41) is 0.319. The molecule has 0 N–H and O–H groups in total. The molecule has 0 bridgehead atoms. The van der Waals surface area contributed by atoms with Crippen molar-refractivity contribution in [2.24, 2.45) is 4.99 Å². The number of hydrogen-bond acceptors (Lipinski definition) is 6. The monoisotopic (exact) mass is 461 g/mol. The molecule has 2 aromatic heterocycles. The van der Waals surface area contributed by atoms with E-state index < -0.39 is 11.9 Å². The van der Waals surface area contributed by atoms with Crippen LogP contribution in [0.25, 0.3) is 20.4 Å².